The minimum absolute atomic E-state index is 0.277. The average Bonchev–Trinajstić information content (AvgIpc) is 3.09. The predicted molar refractivity (Wildman–Crippen MR) is 86.4 cm³/mol. The summed E-state index contributed by atoms with van der Waals surface area (Å²) in [6.07, 6.45) is 5.25. The normalized spacial score (nSPS) is 11.4. The summed E-state index contributed by atoms with van der Waals surface area (Å²) in [5.41, 5.74) is 2.56. The third-order valence-corrected chi connectivity index (χ3v) is 3.32. The van der Waals surface area contributed by atoms with Crippen LogP contribution >= 0.6 is 0 Å². The highest BCUT2D eigenvalue weighted by molar-refractivity contribution is 6.00. The third-order valence-electron chi connectivity index (χ3n) is 3.32. The van der Waals surface area contributed by atoms with E-state index in [4.69, 9.17) is 4.84 Å². The quantitative estimate of drug-likeness (QED) is 0.515. The van der Waals surface area contributed by atoms with Crippen LogP contribution in [-0.2, 0) is 18.0 Å². The molecule has 2 aromatic carbocycles. The van der Waals surface area contributed by atoms with Crippen LogP contribution in [0.1, 0.15) is 11.1 Å². The lowest BCUT2D eigenvalue weighted by atomic mass is 10.1. The van der Waals surface area contributed by atoms with Crippen molar-refractivity contribution in [2.24, 2.45) is 5.16 Å². The Balaban J connectivity index is 1.76. The number of hydrogen-bond acceptors (Lipinski definition) is 3. The number of oxime groups is 1. The first-order chi connectivity index (χ1) is 11.3. The molecule has 3 aromatic rings. The molecule has 0 bridgehead atoms. The summed E-state index contributed by atoms with van der Waals surface area (Å²) < 4.78 is 15.0. The highest BCUT2D eigenvalue weighted by atomic mass is 19.1. The van der Waals surface area contributed by atoms with Gasteiger partial charge >= 0.3 is 0 Å². The van der Waals surface area contributed by atoms with E-state index >= 15 is 0 Å². The molecule has 0 atom stereocenters. The fourth-order valence-corrected chi connectivity index (χ4v) is 2.13. The van der Waals surface area contributed by atoms with Crippen molar-refractivity contribution in [3.63, 3.8) is 0 Å². The first-order valence-corrected chi connectivity index (χ1v) is 7.26. The number of nitrogens with zero attached hydrogens (tertiary/aromatic N) is 3. The zero-order valence-electron chi connectivity index (χ0n) is 12.5. The summed E-state index contributed by atoms with van der Waals surface area (Å²) in [5.74, 6) is -0.277. The number of imidazole rings is 1. The molecule has 0 unspecified atom stereocenters. The van der Waals surface area contributed by atoms with Gasteiger partial charge in [0, 0.05) is 18.0 Å². The first kappa shape index (κ1) is 15.0. The van der Waals surface area contributed by atoms with E-state index in [9.17, 15) is 4.39 Å². The monoisotopic (exact) mass is 309 g/mol. The topological polar surface area (TPSA) is 39.4 Å². The van der Waals surface area contributed by atoms with Gasteiger partial charge in [0.2, 0.25) is 0 Å². The fraction of sp³-hybridized carbons (Fsp3) is 0.111. The Bertz CT molecular complexity index is 753. The molecule has 116 valence electrons. The van der Waals surface area contributed by atoms with Crippen molar-refractivity contribution in [2.45, 2.75) is 13.2 Å². The van der Waals surface area contributed by atoms with Crippen LogP contribution in [0.3, 0.4) is 0 Å². The Hall–Kier alpha value is -2.95. The summed E-state index contributed by atoms with van der Waals surface area (Å²) in [6, 6.07) is 16.0. The Morgan fingerprint density at radius 2 is 1.87 bits per heavy atom. The molecule has 0 fully saturated rings. The summed E-state index contributed by atoms with van der Waals surface area (Å²) in [5, 5.41) is 4.24. The smallest absolute Gasteiger partial charge is 0.142 e. The van der Waals surface area contributed by atoms with Gasteiger partial charge in [-0.15, -0.1) is 0 Å². The molecule has 1 heterocycles. The summed E-state index contributed by atoms with van der Waals surface area (Å²) >= 11 is 0. The summed E-state index contributed by atoms with van der Waals surface area (Å²) in [7, 11) is 0. The lowest BCUT2D eigenvalue weighted by Crippen LogP contribution is -2.11. The van der Waals surface area contributed by atoms with Crippen molar-refractivity contribution in [2.75, 3.05) is 0 Å². The van der Waals surface area contributed by atoms with Crippen LogP contribution in [0.5, 0.6) is 0 Å². The van der Waals surface area contributed by atoms with Crippen molar-refractivity contribution in [3.05, 3.63) is 90.3 Å². The van der Waals surface area contributed by atoms with Crippen LogP contribution in [0.2, 0.25) is 0 Å². The molecule has 0 saturated heterocycles. The molecule has 0 aliphatic rings. The van der Waals surface area contributed by atoms with Gasteiger partial charge in [0.1, 0.15) is 18.1 Å². The second-order valence-electron chi connectivity index (χ2n) is 5.04. The molecular weight excluding hydrogens is 293 g/mol. The molecule has 0 N–H and O–H groups in total. The fourth-order valence-electron chi connectivity index (χ4n) is 2.13. The van der Waals surface area contributed by atoms with Crippen molar-refractivity contribution in [1.82, 2.24) is 9.55 Å². The highest BCUT2D eigenvalue weighted by Gasteiger charge is 2.06. The molecule has 23 heavy (non-hydrogen) atoms. The molecule has 0 amide bonds. The van der Waals surface area contributed by atoms with Gasteiger partial charge in [-0.2, -0.15) is 0 Å². The third kappa shape index (κ3) is 4.26. The van der Waals surface area contributed by atoms with E-state index in [2.05, 4.69) is 10.1 Å². The van der Waals surface area contributed by atoms with E-state index in [0.717, 1.165) is 11.1 Å². The molecule has 0 saturated carbocycles. The summed E-state index contributed by atoms with van der Waals surface area (Å²) in [4.78, 5) is 9.49. The van der Waals surface area contributed by atoms with Gasteiger partial charge < -0.3 is 9.40 Å². The van der Waals surface area contributed by atoms with Gasteiger partial charge in [-0.1, -0.05) is 47.6 Å². The Morgan fingerprint density at radius 1 is 1.09 bits per heavy atom. The van der Waals surface area contributed by atoms with Gasteiger partial charge in [-0.3, -0.25) is 0 Å². The van der Waals surface area contributed by atoms with Crippen molar-refractivity contribution in [1.29, 1.82) is 0 Å². The number of halogens is 1. The maximum Gasteiger partial charge on any atom is 0.142 e. The van der Waals surface area contributed by atoms with E-state index in [1.54, 1.807) is 24.7 Å². The molecule has 0 radical (unpaired) electrons. The Morgan fingerprint density at radius 3 is 2.57 bits per heavy atom. The number of aromatic nitrogens is 2. The molecule has 0 aliphatic heterocycles. The lowest BCUT2D eigenvalue weighted by Gasteiger charge is -2.08. The van der Waals surface area contributed by atoms with Gasteiger partial charge in [-0.05, 0) is 17.7 Å². The van der Waals surface area contributed by atoms with Crippen LogP contribution in [0, 0.1) is 5.82 Å². The zero-order valence-corrected chi connectivity index (χ0v) is 12.5. The van der Waals surface area contributed by atoms with Crippen LogP contribution in [0.25, 0.3) is 0 Å². The first-order valence-electron chi connectivity index (χ1n) is 7.26. The van der Waals surface area contributed by atoms with Gasteiger partial charge in [0.25, 0.3) is 0 Å². The van der Waals surface area contributed by atoms with E-state index < -0.39 is 0 Å². The van der Waals surface area contributed by atoms with Crippen molar-refractivity contribution >= 4 is 5.71 Å². The van der Waals surface area contributed by atoms with Crippen LogP contribution in [-0.4, -0.2) is 15.3 Å². The van der Waals surface area contributed by atoms with Crippen molar-refractivity contribution in [3.8, 4) is 0 Å². The largest absolute Gasteiger partial charge is 0.391 e. The lowest BCUT2D eigenvalue weighted by molar-refractivity contribution is 0.130. The van der Waals surface area contributed by atoms with E-state index in [1.165, 1.54) is 12.1 Å². The zero-order chi connectivity index (χ0) is 15.9. The highest BCUT2D eigenvalue weighted by Crippen LogP contribution is 2.08. The van der Waals surface area contributed by atoms with Crippen LogP contribution < -0.4 is 0 Å². The number of rotatable bonds is 6. The molecular formula is C18H16FN3O. The Labute approximate surface area is 133 Å². The van der Waals surface area contributed by atoms with E-state index in [0.29, 0.717) is 18.9 Å². The number of hydrogen-bond donors (Lipinski definition) is 0. The van der Waals surface area contributed by atoms with Gasteiger partial charge in [-0.25, -0.2) is 9.37 Å². The molecule has 4 nitrogen and oxygen atoms in total. The minimum atomic E-state index is -0.277. The molecule has 5 heteroatoms. The van der Waals surface area contributed by atoms with Crippen LogP contribution in [0.15, 0.2) is 78.5 Å². The minimum Gasteiger partial charge on any atom is -0.391 e. The van der Waals surface area contributed by atoms with Crippen molar-refractivity contribution < 1.29 is 9.23 Å². The summed E-state index contributed by atoms with van der Waals surface area (Å²) in [6.45, 7) is 0.885. The molecule has 3 rings (SSSR count). The Kier molecular flexibility index (Phi) is 4.79. The van der Waals surface area contributed by atoms with Crippen LogP contribution in [0.4, 0.5) is 4.39 Å². The van der Waals surface area contributed by atoms with Gasteiger partial charge in [0.05, 0.1) is 12.9 Å². The van der Waals surface area contributed by atoms with E-state index in [1.807, 2.05) is 41.1 Å². The molecule has 1 aromatic heterocycles. The molecule has 0 aliphatic carbocycles. The maximum atomic E-state index is 13.1. The van der Waals surface area contributed by atoms with Gasteiger partial charge in [0.15, 0.2) is 0 Å². The maximum absolute atomic E-state index is 13.1. The van der Waals surface area contributed by atoms with E-state index in [-0.39, 0.29) is 5.82 Å². The SMILES string of the molecule is Fc1ccc(/C(Cn2ccnc2)=N\OCc2ccccc2)cc1. The second-order valence-corrected chi connectivity index (χ2v) is 5.04. The standard InChI is InChI=1S/C18H16FN3O/c19-17-8-6-16(7-9-17)18(12-22-11-10-20-14-22)21-23-13-15-4-2-1-3-5-15/h1-11,14H,12-13H2/b21-18-. The predicted octanol–water partition coefficient (Wildman–Crippen LogP) is 3.64. The molecule has 0 spiro atoms. The number of benzene rings is 2. The second kappa shape index (κ2) is 7.35. The average molecular weight is 309 g/mol.